The quantitative estimate of drug-likeness (QED) is 0.333. The highest BCUT2D eigenvalue weighted by Crippen LogP contribution is 2.35. The zero-order valence-corrected chi connectivity index (χ0v) is 18.8. The summed E-state index contributed by atoms with van der Waals surface area (Å²) in [5.41, 5.74) is -1.01. The molecule has 36 heavy (non-hydrogen) atoms. The summed E-state index contributed by atoms with van der Waals surface area (Å²) in [6.07, 6.45) is -4.87. The number of amides is 3. The zero-order chi connectivity index (χ0) is 26.6. The van der Waals surface area contributed by atoms with Crippen LogP contribution in [0.3, 0.4) is 0 Å². The van der Waals surface area contributed by atoms with E-state index in [9.17, 15) is 37.1 Å². The predicted octanol–water partition coefficient (Wildman–Crippen LogP) is 4.98. The van der Waals surface area contributed by atoms with E-state index in [1.165, 1.54) is 30.3 Å². The number of carboxylic acid groups (broad SMARTS) is 1. The fourth-order valence-electron chi connectivity index (χ4n) is 3.11. The number of halogens is 4. The van der Waals surface area contributed by atoms with Crippen LogP contribution in [0.5, 0.6) is 0 Å². The molecular formula is C23H20F4N4O5. The standard InChI is InChI=1S/C23H20F4N4O5/c1-11(2)19(21(33)34)30-20(32)18-10-17(31-36-18)12-3-6-14(7-4-12)28-22(35)29-16-8-5-13(24)9-15(16)23(25,26)27/h3-11,19H,1-2H3,(H,30,32)(H,33,34)(H2,28,29,35). The van der Waals surface area contributed by atoms with Crippen LogP contribution in [0.2, 0.25) is 0 Å². The molecule has 190 valence electrons. The van der Waals surface area contributed by atoms with E-state index in [0.717, 1.165) is 12.1 Å². The Balaban J connectivity index is 1.66. The second kappa shape index (κ2) is 10.5. The lowest BCUT2D eigenvalue weighted by Gasteiger charge is -2.16. The molecule has 4 N–H and O–H groups in total. The number of carboxylic acids is 1. The summed E-state index contributed by atoms with van der Waals surface area (Å²) in [6.45, 7) is 3.27. The monoisotopic (exact) mass is 508 g/mol. The molecule has 0 radical (unpaired) electrons. The van der Waals surface area contributed by atoms with Gasteiger partial charge in [0.2, 0.25) is 5.76 Å². The molecule has 3 amide bonds. The van der Waals surface area contributed by atoms with Crippen LogP contribution in [0.1, 0.15) is 30.0 Å². The second-order valence-electron chi connectivity index (χ2n) is 7.95. The van der Waals surface area contributed by atoms with Gasteiger partial charge in [0.05, 0.1) is 11.3 Å². The van der Waals surface area contributed by atoms with Crippen molar-refractivity contribution in [1.82, 2.24) is 10.5 Å². The van der Waals surface area contributed by atoms with Crippen molar-refractivity contribution in [1.29, 1.82) is 0 Å². The molecule has 1 atom stereocenters. The van der Waals surface area contributed by atoms with Gasteiger partial charge in [0.15, 0.2) is 0 Å². The fourth-order valence-corrected chi connectivity index (χ4v) is 3.11. The number of urea groups is 1. The van der Waals surface area contributed by atoms with Gasteiger partial charge in [-0.05, 0) is 36.2 Å². The topological polar surface area (TPSA) is 134 Å². The molecule has 0 aliphatic heterocycles. The van der Waals surface area contributed by atoms with E-state index >= 15 is 0 Å². The predicted molar refractivity (Wildman–Crippen MR) is 120 cm³/mol. The number of aliphatic carboxylic acids is 1. The van der Waals surface area contributed by atoms with Crippen molar-refractivity contribution in [3.05, 3.63) is 65.7 Å². The van der Waals surface area contributed by atoms with E-state index in [1.54, 1.807) is 13.8 Å². The number of benzene rings is 2. The first kappa shape index (κ1) is 26.2. The van der Waals surface area contributed by atoms with Crippen LogP contribution < -0.4 is 16.0 Å². The van der Waals surface area contributed by atoms with Gasteiger partial charge in [0, 0.05) is 17.3 Å². The normalized spacial score (nSPS) is 12.2. The summed E-state index contributed by atoms with van der Waals surface area (Å²) in [5, 5.41) is 19.7. The first-order valence-electron chi connectivity index (χ1n) is 10.4. The molecule has 3 rings (SSSR count). The highest BCUT2D eigenvalue weighted by atomic mass is 19.4. The molecule has 0 fully saturated rings. The fraction of sp³-hybridized carbons (Fsp3) is 0.217. The van der Waals surface area contributed by atoms with Crippen molar-refractivity contribution in [2.45, 2.75) is 26.1 Å². The Morgan fingerprint density at radius 3 is 2.25 bits per heavy atom. The highest BCUT2D eigenvalue weighted by Gasteiger charge is 2.34. The zero-order valence-electron chi connectivity index (χ0n) is 18.8. The third-order valence-corrected chi connectivity index (χ3v) is 4.93. The Morgan fingerprint density at radius 1 is 1.00 bits per heavy atom. The van der Waals surface area contributed by atoms with E-state index in [1.807, 2.05) is 5.32 Å². The lowest BCUT2D eigenvalue weighted by molar-refractivity contribution is -0.140. The molecule has 0 spiro atoms. The van der Waals surface area contributed by atoms with E-state index < -0.39 is 47.2 Å². The Morgan fingerprint density at radius 2 is 1.67 bits per heavy atom. The van der Waals surface area contributed by atoms with Crippen LogP contribution >= 0.6 is 0 Å². The summed E-state index contributed by atoms with van der Waals surface area (Å²) in [5.74, 6) is -3.63. The summed E-state index contributed by atoms with van der Waals surface area (Å²) < 4.78 is 57.5. The van der Waals surface area contributed by atoms with Crippen molar-refractivity contribution in [2.75, 3.05) is 10.6 Å². The number of carbonyl (C=O) groups is 3. The number of aromatic nitrogens is 1. The number of nitrogens with one attached hydrogen (secondary N) is 3. The van der Waals surface area contributed by atoms with Crippen LogP contribution in [0, 0.1) is 11.7 Å². The number of nitrogens with zero attached hydrogens (tertiary/aromatic N) is 1. The molecule has 1 aromatic heterocycles. The van der Waals surface area contributed by atoms with E-state index in [4.69, 9.17) is 4.52 Å². The molecule has 0 saturated heterocycles. The minimum atomic E-state index is -4.87. The average molecular weight is 508 g/mol. The Hall–Kier alpha value is -4.42. The highest BCUT2D eigenvalue weighted by molar-refractivity contribution is 6.00. The third kappa shape index (κ3) is 6.37. The lowest BCUT2D eigenvalue weighted by Crippen LogP contribution is -2.44. The van der Waals surface area contributed by atoms with Crippen LogP contribution in [0.4, 0.5) is 33.7 Å². The van der Waals surface area contributed by atoms with Gasteiger partial charge in [-0.2, -0.15) is 13.2 Å². The molecule has 1 unspecified atom stereocenters. The first-order chi connectivity index (χ1) is 16.8. The number of anilines is 2. The van der Waals surface area contributed by atoms with Gasteiger partial charge >= 0.3 is 18.2 Å². The SMILES string of the molecule is CC(C)C(NC(=O)c1cc(-c2ccc(NC(=O)Nc3ccc(F)cc3C(F)(F)F)cc2)no1)C(=O)O. The van der Waals surface area contributed by atoms with Gasteiger partial charge in [0.1, 0.15) is 17.6 Å². The molecule has 13 heteroatoms. The molecular weight excluding hydrogens is 488 g/mol. The second-order valence-corrected chi connectivity index (χ2v) is 7.95. The van der Waals surface area contributed by atoms with Crippen molar-refractivity contribution in [2.24, 2.45) is 5.92 Å². The van der Waals surface area contributed by atoms with Crippen LogP contribution in [-0.4, -0.2) is 34.2 Å². The smallest absolute Gasteiger partial charge is 0.418 e. The Labute approximate surface area is 201 Å². The molecule has 2 aromatic carbocycles. The third-order valence-electron chi connectivity index (χ3n) is 4.93. The van der Waals surface area contributed by atoms with Crippen molar-refractivity contribution in [3.63, 3.8) is 0 Å². The Bertz CT molecular complexity index is 1270. The van der Waals surface area contributed by atoms with Gasteiger partial charge < -0.3 is 25.6 Å². The van der Waals surface area contributed by atoms with E-state index in [-0.39, 0.29) is 29.1 Å². The number of hydrogen-bond acceptors (Lipinski definition) is 5. The van der Waals surface area contributed by atoms with Crippen LogP contribution in [0.15, 0.2) is 53.1 Å². The summed E-state index contributed by atoms with van der Waals surface area (Å²) in [4.78, 5) is 35.7. The largest absolute Gasteiger partial charge is 0.480 e. The van der Waals surface area contributed by atoms with Gasteiger partial charge in [-0.25, -0.2) is 14.0 Å². The number of rotatable bonds is 7. The summed E-state index contributed by atoms with van der Waals surface area (Å²) in [6, 6.07) is 6.93. The lowest BCUT2D eigenvalue weighted by atomic mass is 10.0. The molecule has 0 aliphatic rings. The minimum Gasteiger partial charge on any atom is -0.480 e. The first-order valence-corrected chi connectivity index (χ1v) is 10.4. The molecule has 0 bridgehead atoms. The van der Waals surface area contributed by atoms with Gasteiger partial charge in [0.25, 0.3) is 5.91 Å². The Kier molecular flexibility index (Phi) is 7.61. The van der Waals surface area contributed by atoms with Crippen molar-refractivity contribution < 1.29 is 41.6 Å². The maximum absolute atomic E-state index is 13.2. The number of hydrogen-bond donors (Lipinski definition) is 4. The maximum atomic E-state index is 13.2. The summed E-state index contributed by atoms with van der Waals surface area (Å²) in [7, 11) is 0. The van der Waals surface area contributed by atoms with Gasteiger partial charge in [-0.1, -0.05) is 31.1 Å². The number of alkyl halides is 3. The van der Waals surface area contributed by atoms with Crippen LogP contribution in [0.25, 0.3) is 11.3 Å². The van der Waals surface area contributed by atoms with Crippen LogP contribution in [-0.2, 0) is 11.0 Å². The molecule has 0 aliphatic carbocycles. The molecule has 3 aromatic rings. The maximum Gasteiger partial charge on any atom is 0.418 e. The minimum absolute atomic E-state index is 0.210. The number of carbonyl (C=O) groups excluding carboxylic acids is 2. The van der Waals surface area contributed by atoms with Gasteiger partial charge in [-0.3, -0.25) is 4.79 Å². The van der Waals surface area contributed by atoms with Crippen molar-refractivity contribution >= 4 is 29.3 Å². The van der Waals surface area contributed by atoms with Crippen molar-refractivity contribution in [3.8, 4) is 11.3 Å². The van der Waals surface area contributed by atoms with Gasteiger partial charge in [-0.15, -0.1) is 0 Å². The average Bonchev–Trinajstić information content (AvgIpc) is 3.28. The summed E-state index contributed by atoms with van der Waals surface area (Å²) >= 11 is 0. The molecule has 9 nitrogen and oxygen atoms in total. The molecule has 1 heterocycles. The molecule has 0 saturated carbocycles. The van der Waals surface area contributed by atoms with E-state index in [2.05, 4.69) is 15.8 Å². The van der Waals surface area contributed by atoms with E-state index in [0.29, 0.717) is 5.56 Å².